The van der Waals surface area contributed by atoms with Crippen molar-refractivity contribution in [1.82, 2.24) is 4.98 Å². The fraction of sp³-hybridized carbons (Fsp3) is 0.400. The number of likely N-dealkylation sites (N-methyl/N-ethyl adjacent to an activating group) is 1. The third-order valence-corrected chi connectivity index (χ3v) is 2.30. The minimum atomic E-state index is 0.200. The van der Waals surface area contributed by atoms with E-state index in [9.17, 15) is 0 Å². The van der Waals surface area contributed by atoms with Crippen molar-refractivity contribution < 1.29 is 0 Å². The molecule has 1 unspecified atom stereocenters. The maximum atomic E-state index is 8.89. The average Bonchev–Trinajstić information content (AvgIpc) is 2.26. The van der Waals surface area contributed by atoms with Crippen LogP contribution in [0.2, 0.25) is 0 Å². The highest BCUT2D eigenvalue weighted by Gasteiger charge is 2.11. The van der Waals surface area contributed by atoms with E-state index in [4.69, 9.17) is 11.0 Å². The topological polar surface area (TPSA) is 65.9 Å². The standard InChI is InChI=1S/C10H14N4/c1-8(5-11)14(2)10-7-13-4-3-9(10)6-12/h3-4,7-8H,5,11H2,1-2H3. The molecular weight excluding hydrogens is 176 g/mol. The normalized spacial score (nSPS) is 11.9. The molecule has 0 bridgehead atoms. The molecule has 0 radical (unpaired) electrons. The minimum Gasteiger partial charge on any atom is -0.368 e. The van der Waals surface area contributed by atoms with Crippen LogP contribution in [-0.4, -0.2) is 24.6 Å². The molecule has 0 amide bonds. The summed E-state index contributed by atoms with van der Waals surface area (Å²) >= 11 is 0. The first kappa shape index (κ1) is 10.5. The van der Waals surface area contributed by atoms with Crippen molar-refractivity contribution in [3.63, 3.8) is 0 Å². The van der Waals surface area contributed by atoms with E-state index in [0.717, 1.165) is 5.69 Å². The Hall–Kier alpha value is -1.60. The second kappa shape index (κ2) is 4.58. The number of nitrogens with two attached hydrogens (primary N) is 1. The fourth-order valence-corrected chi connectivity index (χ4v) is 1.16. The van der Waals surface area contributed by atoms with Gasteiger partial charge in [0.25, 0.3) is 0 Å². The Kier molecular flexibility index (Phi) is 3.43. The highest BCUT2D eigenvalue weighted by atomic mass is 15.1. The molecular formula is C10H14N4. The summed E-state index contributed by atoms with van der Waals surface area (Å²) in [6.45, 7) is 2.56. The monoisotopic (exact) mass is 190 g/mol. The van der Waals surface area contributed by atoms with Crippen LogP contribution < -0.4 is 10.6 Å². The molecule has 0 aliphatic heterocycles. The Bertz CT molecular complexity index is 342. The van der Waals surface area contributed by atoms with Crippen LogP contribution >= 0.6 is 0 Å². The number of rotatable bonds is 3. The van der Waals surface area contributed by atoms with Crippen LogP contribution in [0, 0.1) is 11.3 Å². The molecule has 0 spiro atoms. The van der Waals surface area contributed by atoms with Crippen LogP contribution in [-0.2, 0) is 0 Å². The van der Waals surface area contributed by atoms with E-state index in [0.29, 0.717) is 12.1 Å². The molecule has 1 rings (SSSR count). The summed E-state index contributed by atoms with van der Waals surface area (Å²) in [7, 11) is 1.91. The molecule has 0 aliphatic carbocycles. The summed E-state index contributed by atoms with van der Waals surface area (Å²) < 4.78 is 0. The maximum Gasteiger partial charge on any atom is 0.101 e. The summed E-state index contributed by atoms with van der Waals surface area (Å²) in [4.78, 5) is 5.96. The van der Waals surface area contributed by atoms with Crippen LogP contribution in [0.25, 0.3) is 0 Å². The zero-order chi connectivity index (χ0) is 10.6. The van der Waals surface area contributed by atoms with E-state index in [1.54, 1.807) is 18.5 Å². The molecule has 14 heavy (non-hydrogen) atoms. The molecule has 1 atom stereocenters. The van der Waals surface area contributed by atoms with E-state index in [1.807, 2.05) is 18.9 Å². The molecule has 0 fully saturated rings. The molecule has 2 N–H and O–H groups in total. The first-order valence-electron chi connectivity index (χ1n) is 4.47. The van der Waals surface area contributed by atoms with Crippen molar-refractivity contribution >= 4 is 5.69 Å². The van der Waals surface area contributed by atoms with E-state index < -0.39 is 0 Å². The highest BCUT2D eigenvalue weighted by Crippen LogP contribution is 2.18. The number of aromatic nitrogens is 1. The van der Waals surface area contributed by atoms with Crippen LogP contribution in [0.4, 0.5) is 5.69 Å². The fourth-order valence-electron chi connectivity index (χ4n) is 1.16. The molecule has 0 saturated heterocycles. The van der Waals surface area contributed by atoms with Gasteiger partial charge in [-0.05, 0) is 13.0 Å². The van der Waals surface area contributed by atoms with Gasteiger partial charge in [0.1, 0.15) is 6.07 Å². The Morgan fingerprint density at radius 2 is 2.43 bits per heavy atom. The Balaban J connectivity index is 3.01. The zero-order valence-corrected chi connectivity index (χ0v) is 8.44. The van der Waals surface area contributed by atoms with Crippen LogP contribution in [0.1, 0.15) is 12.5 Å². The molecule has 1 heterocycles. The lowest BCUT2D eigenvalue weighted by atomic mass is 10.2. The summed E-state index contributed by atoms with van der Waals surface area (Å²) in [5.74, 6) is 0. The summed E-state index contributed by atoms with van der Waals surface area (Å²) in [5, 5.41) is 8.89. The Labute approximate surface area is 84.0 Å². The van der Waals surface area contributed by atoms with E-state index in [1.165, 1.54) is 0 Å². The van der Waals surface area contributed by atoms with Crippen LogP contribution in [0.3, 0.4) is 0 Å². The number of hydrogen-bond acceptors (Lipinski definition) is 4. The largest absolute Gasteiger partial charge is 0.368 e. The number of anilines is 1. The van der Waals surface area contributed by atoms with Crippen LogP contribution in [0.5, 0.6) is 0 Å². The summed E-state index contributed by atoms with van der Waals surface area (Å²) in [6, 6.07) is 4.04. The molecule has 4 nitrogen and oxygen atoms in total. The summed E-state index contributed by atoms with van der Waals surface area (Å²) in [6.07, 6.45) is 3.30. The average molecular weight is 190 g/mol. The first-order chi connectivity index (χ1) is 6.70. The van der Waals surface area contributed by atoms with Crippen LogP contribution in [0.15, 0.2) is 18.5 Å². The van der Waals surface area contributed by atoms with Gasteiger partial charge in [0, 0.05) is 25.8 Å². The smallest absolute Gasteiger partial charge is 0.101 e. The number of hydrogen-bond donors (Lipinski definition) is 1. The van der Waals surface area contributed by atoms with E-state index in [2.05, 4.69) is 11.1 Å². The van der Waals surface area contributed by atoms with Gasteiger partial charge in [0.2, 0.25) is 0 Å². The number of pyridine rings is 1. The van der Waals surface area contributed by atoms with Crippen molar-refractivity contribution in [2.75, 3.05) is 18.5 Å². The van der Waals surface area contributed by atoms with E-state index in [-0.39, 0.29) is 6.04 Å². The predicted molar refractivity (Wildman–Crippen MR) is 55.9 cm³/mol. The van der Waals surface area contributed by atoms with Gasteiger partial charge in [-0.3, -0.25) is 4.98 Å². The van der Waals surface area contributed by atoms with Gasteiger partial charge < -0.3 is 10.6 Å². The lowest BCUT2D eigenvalue weighted by Gasteiger charge is -2.26. The van der Waals surface area contributed by atoms with E-state index >= 15 is 0 Å². The summed E-state index contributed by atoms with van der Waals surface area (Å²) in [5.41, 5.74) is 7.01. The van der Waals surface area contributed by atoms with Crippen molar-refractivity contribution in [2.24, 2.45) is 5.73 Å². The second-order valence-corrected chi connectivity index (χ2v) is 3.20. The maximum absolute atomic E-state index is 8.89. The third kappa shape index (κ3) is 2.01. The van der Waals surface area contributed by atoms with Crippen molar-refractivity contribution in [3.05, 3.63) is 24.0 Å². The SMILES string of the molecule is CC(CN)N(C)c1cnccc1C#N. The van der Waals surface area contributed by atoms with Crippen molar-refractivity contribution in [1.29, 1.82) is 5.26 Å². The van der Waals surface area contributed by atoms with Crippen molar-refractivity contribution in [3.8, 4) is 6.07 Å². The predicted octanol–water partition coefficient (Wildman–Crippen LogP) is 0.737. The Morgan fingerprint density at radius 1 is 1.71 bits per heavy atom. The molecule has 0 aliphatic rings. The molecule has 0 saturated carbocycles. The number of nitriles is 1. The Morgan fingerprint density at radius 3 is 3.00 bits per heavy atom. The zero-order valence-electron chi connectivity index (χ0n) is 8.44. The molecule has 1 aromatic rings. The van der Waals surface area contributed by atoms with Gasteiger partial charge in [-0.2, -0.15) is 5.26 Å². The lowest BCUT2D eigenvalue weighted by molar-refractivity contribution is 0.694. The number of nitrogens with zero attached hydrogens (tertiary/aromatic N) is 3. The molecule has 0 aromatic carbocycles. The highest BCUT2D eigenvalue weighted by molar-refractivity contribution is 5.57. The molecule has 1 aromatic heterocycles. The van der Waals surface area contributed by atoms with Gasteiger partial charge >= 0.3 is 0 Å². The minimum absolute atomic E-state index is 0.200. The van der Waals surface area contributed by atoms with Gasteiger partial charge in [-0.25, -0.2) is 0 Å². The van der Waals surface area contributed by atoms with Gasteiger partial charge in [0.15, 0.2) is 0 Å². The molecule has 74 valence electrons. The molecule has 4 heteroatoms. The first-order valence-corrected chi connectivity index (χ1v) is 4.47. The van der Waals surface area contributed by atoms with Crippen molar-refractivity contribution in [2.45, 2.75) is 13.0 Å². The second-order valence-electron chi connectivity index (χ2n) is 3.20. The quantitative estimate of drug-likeness (QED) is 0.763. The lowest BCUT2D eigenvalue weighted by Crippen LogP contribution is -2.35. The third-order valence-electron chi connectivity index (χ3n) is 2.30. The van der Waals surface area contributed by atoms with Gasteiger partial charge in [-0.15, -0.1) is 0 Å². The van der Waals surface area contributed by atoms with Gasteiger partial charge in [0.05, 0.1) is 17.4 Å². The van der Waals surface area contributed by atoms with Gasteiger partial charge in [-0.1, -0.05) is 0 Å².